The zero-order valence-electron chi connectivity index (χ0n) is 21.4. The van der Waals surface area contributed by atoms with Crippen LogP contribution in [0.3, 0.4) is 0 Å². The summed E-state index contributed by atoms with van der Waals surface area (Å²) in [5.74, 6) is 0.299. The van der Waals surface area contributed by atoms with E-state index in [1.165, 1.54) is 16.3 Å². The van der Waals surface area contributed by atoms with Crippen molar-refractivity contribution in [1.82, 2.24) is 14.7 Å². The van der Waals surface area contributed by atoms with Crippen molar-refractivity contribution in [2.24, 2.45) is 0 Å². The number of nitrogen functional groups attached to an aromatic ring is 1. The van der Waals surface area contributed by atoms with E-state index in [9.17, 15) is 9.59 Å². The second-order valence-corrected chi connectivity index (χ2v) is 9.14. The van der Waals surface area contributed by atoms with Gasteiger partial charge in [0.15, 0.2) is 0 Å². The smallest absolute Gasteiger partial charge is 0.267 e. The van der Waals surface area contributed by atoms with Crippen LogP contribution in [-0.2, 0) is 6.54 Å². The van der Waals surface area contributed by atoms with Crippen molar-refractivity contribution in [1.29, 1.82) is 0 Å². The topological polar surface area (TPSA) is 102 Å². The third-order valence-corrected chi connectivity index (χ3v) is 6.10. The molecule has 0 saturated carbocycles. The van der Waals surface area contributed by atoms with Crippen molar-refractivity contribution in [2.75, 3.05) is 32.3 Å². The van der Waals surface area contributed by atoms with E-state index < -0.39 is 0 Å². The Bertz CT molecular complexity index is 1440. The molecule has 1 atom stereocenters. The zero-order valence-corrected chi connectivity index (χ0v) is 21.4. The lowest BCUT2D eigenvalue weighted by molar-refractivity contribution is 0.102. The number of hydrogen-bond acceptors (Lipinski definition) is 6. The number of aromatic nitrogens is 2. The molecule has 0 aliphatic heterocycles. The Morgan fingerprint density at radius 3 is 2.38 bits per heavy atom. The second kappa shape index (κ2) is 11.1. The highest BCUT2D eigenvalue weighted by Gasteiger charge is 2.15. The van der Waals surface area contributed by atoms with E-state index >= 15 is 0 Å². The molecule has 3 aromatic carbocycles. The molecule has 0 aliphatic carbocycles. The first kappa shape index (κ1) is 25.7. The molecule has 37 heavy (non-hydrogen) atoms. The highest BCUT2D eigenvalue weighted by molar-refractivity contribution is 6.05. The van der Waals surface area contributed by atoms with E-state index in [2.05, 4.69) is 27.4 Å². The van der Waals surface area contributed by atoms with Crippen LogP contribution >= 0.6 is 0 Å². The number of hydrogen-bond donors (Lipinski definition) is 2. The first-order chi connectivity index (χ1) is 17.7. The molecule has 0 spiro atoms. The minimum absolute atomic E-state index is 0.198. The Kier molecular flexibility index (Phi) is 7.69. The summed E-state index contributed by atoms with van der Waals surface area (Å²) in [6.45, 7) is 2.76. The average molecular weight is 498 g/mol. The van der Waals surface area contributed by atoms with Crippen LogP contribution < -0.4 is 21.3 Å². The highest BCUT2D eigenvalue weighted by Crippen LogP contribution is 2.25. The number of benzene rings is 3. The molecule has 1 heterocycles. The van der Waals surface area contributed by atoms with Crippen molar-refractivity contribution >= 4 is 17.3 Å². The monoisotopic (exact) mass is 497 g/mol. The Hall–Kier alpha value is -4.43. The molecule has 0 radical (unpaired) electrons. The van der Waals surface area contributed by atoms with Gasteiger partial charge in [-0.2, -0.15) is 5.10 Å². The van der Waals surface area contributed by atoms with Crippen LogP contribution in [0.1, 0.15) is 34.5 Å². The standard InChI is InChI=1S/C29H31N5O3/c1-19(34-28(35)16-15-26(32-34)22-7-5-20(6-8-22)18-33(2)3)21-9-11-23(12-10-21)29(36)31-27-17-24(37-4)13-14-25(27)30/h5-17,19H,18,30H2,1-4H3,(H,31,36)/t19-/m0/s1. The van der Waals surface area contributed by atoms with E-state index in [-0.39, 0.29) is 17.5 Å². The van der Waals surface area contributed by atoms with Gasteiger partial charge in [-0.1, -0.05) is 36.4 Å². The summed E-state index contributed by atoms with van der Waals surface area (Å²) in [7, 11) is 5.61. The number of ether oxygens (including phenoxy) is 1. The summed E-state index contributed by atoms with van der Waals surface area (Å²) < 4.78 is 6.67. The number of rotatable bonds is 8. The van der Waals surface area contributed by atoms with Crippen LogP contribution in [0, 0.1) is 0 Å². The van der Waals surface area contributed by atoms with Crippen molar-refractivity contribution in [3.05, 3.63) is 106 Å². The maximum absolute atomic E-state index is 12.8. The van der Waals surface area contributed by atoms with Crippen molar-refractivity contribution < 1.29 is 9.53 Å². The predicted molar refractivity (Wildman–Crippen MR) is 147 cm³/mol. The minimum Gasteiger partial charge on any atom is -0.497 e. The predicted octanol–water partition coefficient (Wildman–Crippen LogP) is 4.42. The first-order valence-corrected chi connectivity index (χ1v) is 11.9. The molecule has 4 aromatic rings. The van der Waals surface area contributed by atoms with Crippen LogP contribution in [0.15, 0.2) is 83.7 Å². The average Bonchev–Trinajstić information content (AvgIpc) is 2.90. The Labute approximate surface area is 216 Å². The molecule has 0 bridgehead atoms. The van der Waals surface area contributed by atoms with Crippen LogP contribution in [0.4, 0.5) is 11.4 Å². The second-order valence-electron chi connectivity index (χ2n) is 9.14. The van der Waals surface area contributed by atoms with Gasteiger partial charge >= 0.3 is 0 Å². The molecule has 8 nitrogen and oxygen atoms in total. The lowest BCUT2D eigenvalue weighted by Crippen LogP contribution is -2.26. The van der Waals surface area contributed by atoms with Crippen molar-refractivity contribution in [3.8, 4) is 17.0 Å². The lowest BCUT2D eigenvalue weighted by Gasteiger charge is -2.16. The van der Waals surface area contributed by atoms with Gasteiger partial charge in [-0.05, 0) is 62.5 Å². The van der Waals surface area contributed by atoms with Crippen molar-refractivity contribution in [3.63, 3.8) is 0 Å². The van der Waals surface area contributed by atoms with E-state index in [1.54, 1.807) is 43.5 Å². The highest BCUT2D eigenvalue weighted by atomic mass is 16.5. The molecule has 190 valence electrons. The van der Waals surface area contributed by atoms with E-state index in [1.807, 2.05) is 45.3 Å². The van der Waals surface area contributed by atoms with Gasteiger partial charge in [0.25, 0.3) is 11.5 Å². The minimum atomic E-state index is -0.327. The van der Waals surface area contributed by atoms with Crippen LogP contribution in [0.5, 0.6) is 5.75 Å². The lowest BCUT2D eigenvalue weighted by atomic mass is 10.1. The van der Waals surface area contributed by atoms with Crippen LogP contribution in [0.2, 0.25) is 0 Å². The Morgan fingerprint density at radius 2 is 1.73 bits per heavy atom. The summed E-state index contributed by atoms with van der Waals surface area (Å²) in [4.78, 5) is 27.6. The van der Waals surface area contributed by atoms with Gasteiger partial charge in [-0.25, -0.2) is 4.68 Å². The maximum Gasteiger partial charge on any atom is 0.267 e. The molecular weight excluding hydrogens is 466 g/mol. The molecule has 0 unspecified atom stereocenters. The SMILES string of the molecule is COc1ccc(N)c(NC(=O)c2ccc([C@H](C)n3nc(-c4ccc(CN(C)C)cc4)ccc3=O)cc2)c1. The maximum atomic E-state index is 12.8. The fourth-order valence-electron chi connectivity index (χ4n) is 4.02. The quantitative estimate of drug-likeness (QED) is 0.349. The molecule has 4 rings (SSSR count). The van der Waals surface area contributed by atoms with Gasteiger partial charge in [-0.15, -0.1) is 0 Å². The normalized spacial score (nSPS) is 11.8. The Morgan fingerprint density at radius 1 is 1.03 bits per heavy atom. The summed E-state index contributed by atoms with van der Waals surface area (Å²) in [5.41, 5.74) is 10.9. The number of nitrogens with zero attached hydrogens (tertiary/aromatic N) is 3. The third-order valence-electron chi connectivity index (χ3n) is 6.10. The Balaban J connectivity index is 1.52. The van der Waals surface area contributed by atoms with Gasteiger partial charge in [0.2, 0.25) is 0 Å². The van der Waals surface area contributed by atoms with Gasteiger partial charge in [0, 0.05) is 29.8 Å². The van der Waals surface area contributed by atoms with E-state index in [0.29, 0.717) is 22.7 Å². The van der Waals surface area contributed by atoms with Crippen LogP contribution in [0.25, 0.3) is 11.3 Å². The van der Waals surface area contributed by atoms with E-state index in [4.69, 9.17) is 10.5 Å². The molecular formula is C29H31N5O3. The molecule has 1 amide bonds. The third kappa shape index (κ3) is 6.05. The number of nitrogens with two attached hydrogens (primary N) is 1. The summed E-state index contributed by atoms with van der Waals surface area (Å²) >= 11 is 0. The van der Waals surface area contributed by atoms with Crippen molar-refractivity contribution in [2.45, 2.75) is 19.5 Å². The molecule has 1 aromatic heterocycles. The molecule has 0 saturated heterocycles. The number of carbonyl (C=O) groups is 1. The van der Waals surface area contributed by atoms with Gasteiger partial charge in [0.1, 0.15) is 5.75 Å². The fourth-order valence-corrected chi connectivity index (χ4v) is 4.02. The number of methoxy groups -OCH3 is 1. The fraction of sp³-hybridized carbons (Fsp3) is 0.207. The summed E-state index contributed by atoms with van der Waals surface area (Å²) in [6, 6.07) is 23.3. The zero-order chi connectivity index (χ0) is 26.5. The number of anilines is 2. The largest absolute Gasteiger partial charge is 0.497 e. The first-order valence-electron chi connectivity index (χ1n) is 11.9. The molecule has 0 fully saturated rings. The summed E-state index contributed by atoms with van der Waals surface area (Å²) in [5, 5.41) is 7.45. The van der Waals surface area contributed by atoms with E-state index in [0.717, 1.165) is 23.4 Å². The number of amides is 1. The number of carbonyl (C=O) groups excluding carboxylic acids is 1. The van der Waals surface area contributed by atoms with Crippen LogP contribution in [-0.4, -0.2) is 41.8 Å². The van der Waals surface area contributed by atoms with Gasteiger partial charge in [0.05, 0.1) is 30.2 Å². The summed E-state index contributed by atoms with van der Waals surface area (Å²) in [6.07, 6.45) is 0. The molecule has 0 aliphatic rings. The van der Waals surface area contributed by atoms with Gasteiger partial charge in [-0.3, -0.25) is 9.59 Å². The molecule has 8 heteroatoms. The molecule has 3 N–H and O–H groups in total. The number of nitrogens with one attached hydrogen (secondary N) is 1. The van der Waals surface area contributed by atoms with Gasteiger partial charge < -0.3 is 20.7 Å².